The van der Waals surface area contributed by atoms with Crippen molar-refractivity contribution >= 4 is 22.0 Å². The number of imidazole rings is 1. The second-order valence-corrected chi connectivity index (χ2v) is 6.15. The quantitative estimate of drug-likeness (QED) is 0.621. The van der Waals surface area contributed by atoms with Crippen molar-refractivity contribution in [2.75, 3.05) is 5.73 Å². The lowest BCUT2D eigenvalue weighted by Gasteiger charge is -1.97. The second-order valence-electron chi connectivity index (χ2n) is 5.26. The third-order valence-electron chi connectivity index (χ3n) is 3.67. The molecule has 4 aromatic heterocycles. The molecule has 0 aliphatic carbocycles. The van der Waals surface area contributed by atoms with Crippen LogP contribution >= 0.6 is 11.3 Å². The predicted octanol–water partition coefficient (Wildman–Crippen LogP) is 2.18. The van der Waals surface area contributed by atoms with E-state index in [1.165, 1.54) is 11.3 Å². The summed E-state index contributed by atoms with van der Waals surface area (Å²) in [5.41, 5.74) is 9.29. The summed E-state index contributed by atoms with van der Waals surface area (Å²) in [6.45, 7) is 2.69. The van der Waals surface area contributed by atoms with Crippen LogP contribution in [0.25, 0.3) is 16.9 Å². The van der Waals surface area contributed by atoms with Crippen LogP contribution in [0.3, 0.4) is 0 Å². The van der Waals surface area contributed by atoms with Crippen LogP contribution in [0.4, 0.5) is 5.13 Å². The first-order valence-corrected chi connectivity index (χ1v) is 8.13. The molecule has 4 aromatic rings. The number of nitrogens with two attached hydrogens (primary N) is 1. The lowest BCUT2D eigenvalue weighted by Crippen LogP contribution is -2.02. The van der Waals surface area contributed by atoms with E-state index in [2.05, 4.69) is 20.3 Å². The Balaban J connectivity index is 1.59. The molecule has 23 heavy (non-hydrogen) atoms. The van der Waals surface area contributed by atoms with Crippen molar-refractivity contribution in [1.82, 2.24) is 29.4 Å². The highest BCUT2D eigenvalue weighted by Gasteiger charge is 2.13. The van der Waals surface area contributed by atoms with Crippen molar-refractivity contribution in [2.45, 2.75) is 19.9 Å². The fourth-order valence-electron chi connectivity index (χ4n) is 2.56. The molecular formula is C15H15N7S. The molecule has 4 heterocycles. The van der Waals surface area contributed by atoms with Gasteiger partial charge in [0.25, 0.3) is 0 Å². The Hall–Kier alpha value is -2.74. The van der Waals surface area contributed by atoms with Crippen molar-refractivity contribution in [3.05, 3.63) is 47.5 Å². The molecule has 0 atom stereocenters. The summed E-state index contributed by atoms with van der Waals surface area (Å²) < 4.78 is 3.86. The molecule has 0 aliphatic rings. The standard InChI is InChI=1S/C15H15N7S/c1-10-17-14(13-4-2-3-6-22(10)13)12-8-21(20-19-12)7-5-11-9-23-15(16)18-11/h2-4,6,8-9H,5,7H2,1H3,(H2,16,18). The number of hydrogen-bond donors (Lipinski definition) is 1. The monoisotopic (exact) mass is 325 g/mol. The SMILES string of the molecule is Cc1nc(-c2cn(CCc3csc(N)n3)nn2)c2ccccn12. The Morgan fingerprint density at radius 2 is 2.17 bits per heavy atom. The maximum atomic E-state index is 5.64. The van der Waals surface area contributed by atoms with E-state index in [0.29, 0.717) is 11.7 Å². The Labute approximate surface area is 136 Å². The van der Waals surface area contributed by atoms with Crippen LogP contribution in [0.1, 0.15) is 11.5 Å². The van der Waals surface area contributed by atoms with Crippen molar-refractivity contribution in [3.8, 4) is 11.4 Å². The number of aryl methyl sites for hydroxylation is 3. The highest BCUT2D eigenvalue weighted by atomic mass is 32.1. The minimum Gasteiger partial charge on any atom is -0.375 e. The Bertz CT molecular complexity index is 965. The van der Waals surface area contributed by atoms with Crippen LogP contribution in [0, 0.1) is 6.92 Å². The van der Waals surface area contributed by atoms with Gasteiger partial charge in [-0.05, 0) is 19.1 Å². The first kappa shape index (κ1) is 13.9. The molecule has 0 spiro atoms. The van der Waals surface area contributed by atoms with E-state index in [-0.39, 0.29) is 0 Å². The van der Waals surface area contributed by atoms with Crippen molar-refractivity contribution in [2.24, 2.45) is 0 Å². The van der Waals surface area contributed by atoms with E-state index in [1.807, 2.05) is 52.0 Å². The van der Waals surface area contributed by atoms with Crippen LogP contribution in [-0.2, 0) is 13.0 Å². The zero-order valence-electron chi connectivity index (χ0n) is 12.5. The first-order valence-electron chi connectivity index (χ1n) is 7.25. The van der Waals surface area contributed by atoms with Crippen LogP contribution in [0.15, 0.2) is 36.0 Å². The third kappa shape index (κ3) is 2.57. The zero-order chi connectivity index (χ0) is 15.8. The number of pyridine rings is 1. The van der Waals surface area contributed by atoms with Gasteiger partial charge in [0.1, 0.15) is 17.2 Å². The summed E-state index contributed by atoms with van der Waals surface area (Å²) in [6.07, 6.45) is 4.70. The summed E-state index contributed by atoms with van der Waals surface area (Å²) in [7, 11) is 0. The molecule has 0 unspecified atom stereocenters. The van der Waals surface area contributed by atoms with Gasteiger partial charge in [-0.1, -0.05) is 11.3 Å². The number of nitrogens with zero attached hydrogens (tertiary/aromatic N) is 6. The summed E-state index contributed by atoms with van der Waals surface area (Å²) in [4.78, 5) is 8.87. The van der Waals surface area contributed by atoms with Gasteiger partial charge in [0.05, 0.1) is 17.4 Å². The van der Waals surface area contributed by atoms with Gasteiger partial charge in [-0.3, -0.25) is 4.68 Å². The van der Waals surface area contributed by atoms with Gasteiger partial charge in [-0.15, -0.1) is 16.4 Å². The largest absolute Gasteiger partial charge is 0.375 e. The van der Waals surface area contributed by atoms with Gasteiger partial charge in [0.2, 0.25) is 0 Å². The lowest BCUT2D eigenvalue weighted by atomic mass is 10.3. The number of nitrogen functional groups attached to an aromatic ring is 1. The number of hydrogen-bond acceptors (Lipinski definition) is 6. The summed E-state index contributed by atoms with van der Waals surface area (Å²) in [5.74, 6) is 0.933. The number of fused-ring (bicyclic) bond motifs is 1. The van der Waals surface area contributed by atoms with Crippen molar-refractivity contribution in [1.29, 1.82) is 0 Å². The molecule has 7 nitrogen and oxygen atoms in total. The van der Waals surface area contributed by atoms with Crippen molar-refractivity contribution in [3.63, 3.8) is 0 Å². The summed E-state index contributed by atoms with van der Waals surface area (Å²) >= 11 is 1.45. The van der Waals surface area contributed by atoms with E-state index in [1.54, 1.807) is 0 Å². The van der Waals surface area contributed by atoms with E-state index in [4.69, 9.17) is 5.73 Å². The topological polar surface area (TPSA) is 86.9 Å². The van der Waals surface area contributed by atoms with Crippen LogP contribution in [0.5, 0.6) is 0 Å². The average molecular weight is 325 g/mol. The molecule has 0 bridgehead atoms. The van der Waals surface area contributed by atoms with Gasteiger partial charge in [0, 0.05) is 24.5 Å². The van der Waals surface area contributed by atoms with Crippen LogP contribution in [-0.4, -0.2) is 29.4 Å². The normalized spacial score (nSPS) is 11.3. The fourth-order valence-corrected chi connectivity index (χ4v) is 3.16. The molecule has 0 saturated carbocycles. The smallest absolute Gasteiger partial charge is 0.180 e. The molecule has 4 rings (SSSR count). The Morgan fingerprint density at radius 1 is 1.26 bits per heavy atom. The first-order chi connectivity index (χ1) is 11.2. The molecule has 0 saturated heterocycles. The Morgan fingerprint density at radius 3 is 3.00 bits per heavy atom. The minimum absolute atomic E-state index is 0.597. The maximum Gasteiger partial charge on any atom is 0.180 e. The summed E-state index contributed by atoms with van der Waals surface area (Å²) in [5, 5.41) is 11.0. The second kappa shape index (κ2) is 5.47. The van der Waals surface area contributed by atoms with E-state index >= 15 is 0 Å². The van der Waals surface area contributed by atoms with Crippen LogP contribution in [0.2, 0.25) is 0 Å². The molecule has 0 aromatic carbocycles. The van der Waals surface area contributed by atoms with E-state index < -0.39 is 0 Å². The fraction of sp³-hybridized carbons (Fsp3) is 0.200. The number of anilines is 1. The third-order valence-corrected chi connectivity index (χ3v) is 4.40. The molecular weight excluding hydrogens is 310 g/mol. The number of rotatable bonds is 4. The highest BCUT2D eigenvalue weighted by molar-refractivity contribution is 7.13. The van der Waals surface area contributed by atoms with Crippen LogP contribution < -0.4 is 5.73 Å². The summed E-state index contributed by atoms with van der Waals surface area (Å²) in [6, 6.07) is 6.02. The van der Waals surface area contributed by atoms with Gasteiger partial charge in [-0.2, -0.15) is 0 Å². The molecule has 0 amide bonds. The molecule has 2 N–H and O–H groups in total. The molecule has 0 fully saturated rings. The predicted molar refractivity (Wildman–Crippen MR) is 89.2 cm³/mol. The average Bonchev–Trinajstić information content (AvgIpc) is 3.25. The number of thiazole rings is 1. The maximum absolute atomic E-state index is 5.64. The molecule has 0 radical (unpaired) electrons. The molecule has 8 heteroatoms. The van der Waals surface area contributed by atoms with Gasteiger partial charge < -0.3 is 10.1 Å². The van der Waals surface area contributed by atoms with Gasteiger partial charge in [0.15, 0.2) is 5.13 Å². The minimum atomic E-state index is 0.597. The van der Waals surface area contributed by atoms with Crippen molar-refractivity contribution < 1.29 is 0 Å². The van der Waals surface area contributed by atoms with E-state index in [9.17, 15) is 0 Å². The molecule has 116 valence electrons. The lowest BCUT2D eigenvalue weighted by molar-refractivity contribution is 0.585. The van der Waals surface area contributed by atoms with E-state index in [0.717, 1.165) is 34.8 Å². The zero-order valence-corrected chi connectivity index (χ0v) is 13.4. The number of aromatic nitrogens is 6. The Kier molecular flexibility index (Phi) is 3.30. The highest BCUT2D eigenvalue weighted by Crippen LogP contribution is 2.22. The molecule has 0 aliphatic heterocycles. The van der Waals surface area contributed by atoms with Gasteiger partial charge >= 0.3 is 0 Å². The van der Waals surface area contributed by atoms with Gasteiger partial charge in [-0.25, -0.2) is 9.97 Å².